The van der Waals surface area contributed by atoms with Crippen LogP contribution in [0.2, 0.25) is 0 Å². The van der Waals surface area contributed by atoms with Crippen molar-refractivity contribution in [1.29, 1.82) is 0 Å². The van der Waals surface area contributed by atoms with Crippen LogP contribution in [0.5, 0.6) is 5.75 Å². The fourth-order valence-electron chi connectivity index (χ4n) is 2.29. The van der Waals surface area contributed by atoms with Crippen molar-refractivity contribution in [2.24, 2.45) is 0 Å². The molecule has 0 radical (unpaired) electrons. The predicted octanol–water partition coefficient (Wildman–Crippen LogP) is 2.54. The van der Waals surface area contributed by atoms with Crippen LogP contribution in [0.3, 0.4) is 0 Å². The molecule has 0 saturated heterocycles. The minimum Gasteiger partial charge on any atom is -0.496 e. The Kier molecular flexibility index (Phi) is 5.71. The predicted molar refractivity (Wildman–Crippen MR) is 85.8 cm³/mol. The lowest BCUT2D eigenvalue weighted by atomic mass is 10.1. The van der Waals surface area contributed by atoms with Crippen molar-refractivity contribution in [2.75, 3.05) is 13.7 Å². The Hall–Kier alpha value is -2.40. The molecule has 0 saturated carbocycles. The summed E-state index contributed by atoms with van der Waals surface area (Å²) in [5, 5.41) is 12.6. The van der Waals surface area contributed by atoms with E-state index in [1.54, 1.807) is 19.2 Å². The van der Waals surface area contributed by atoms with E-state index in [1.807, 2.05) is 25.1 Å². The van der Waals surface area contributed by atoms with E-state index in [0.717, 1.165) is 16.9 Å². The Morgan fingerprint density at radius 3 is 2.74 bits per heavy atom. The van der Waals surface area contributed by atoms with Crippen molar-refractivity contribution in [3.8, 4) is 5.75 Å². The van der Waals surface area contributed by atoms with Crippen LogP contribution in [0.1, 0.15) is 22.8 Å². The van der Waals surface area contributed by atoms with E-state index in [1.165, 1.54) is 12.1 Å². The molecule has 0 fully saturated rings. The Morgan fingerprint density at radius 1 is 1.30 bits per heavy atom. The van der Waals surface area contributed by atoms with Gasteiger partial charge in [0.05, 0.1) is 19.6 Å². The number of hydrogen-bond acceptors (Lipinski definition) is 3. The number of rotatable bonds is 6. The SMILES string of the molecule is COc1cc(CC(=O)NCC(O)c2ccccc2F)ccc1C. The van der Waals surface area contributed by atoms with Crippen LogP contribution in [-0.4, -0.2) is 24.7 Å². The van der Waals surface area contributed by atoms with Crippen molar-refractivity contribution < 1.29 is 19.0 Å². The molecular weight excluding hydrogens is 297 g/mol. The molecule has 2 N–H and O–H groups in total. The number of benzene rings is 2. The zero-order chi connectivity index (χ0) is 16.8. The molecular formula is C18H20FNO3. The summed E-state index contributed by atoms with van der Waals surface area (Å²) in [6, 6.07) is 11.5. The number of hydrogen-bond donors (Lipinski definition) is 2. The van der Waals surface area contributed by atoms with Gasteiger partial charge in [-0.1, -0.05) is 30.3 Å². The normalized spacial score (nSPS) is 11.8. The lowest BCUT2D eigenvalue weighted by molar-refractivity contribution is -0.120. The molecule has 4 nitrogen and oxygen atoms in total. The number of ether oxygens (including phenoxy) is 1. The Morgan fingerprint density at radius 2 is 2.04 bits per heavy atom. The smallest absolute Gasteiger partial charge is 0.224 e. The molecule has 1 amide bonds. The maximum absolute atomic E-state index is 13.5. The van der Waals surface area contributed by atoms with Gasteiger partial charge in [0, 0.05) is 12.1 Å². The van der Waals surface area contributed by atoms with Gasteiger partial charge in [-0.2, -0.15) is 0 Å². The van der Waals surface area contributed by atoms with Crippen molar-refractivity contribution in [3.05, 3.63) is 65.0 Å². The lowest BCUT2D eigenvalue weighted by Crippen LogP contribution is -2.30. The highest BCUT2D eigenvalue weighted by atomic mass is 19.1. The first-order valence-corrected chi connectivity index (χ1v) is 7.34. The summed E-state index contributed by atoms with van der Waals surface area (Å²) >= 11 is 0. The average Bonchev–Trinajstić information content (AvgIpc) is 2.55. The number of amides is 1. The van der Waals surface area contributed by atoms with Crippen LogP contribution in [0.25, 0.3) is 0 Å². The quantitative estimate of drug-likeness (QED) is 0.861. The van der Waals surface area contributed by atoms with Gasteiger partial charge < -0.3 is 15.2 Å². The fourth-order valence-corrected chi connectivity index (χ4v) is 2.29. The molecule has 2 rings (SSSR count). The van der Waals surface area contributed by atoms with Gasteiger partial charge in [0.25, 0.3) is 0 Å². The summed E-state index contributed by atoms with van der Waals surface area (Å²) in [5.74, 6) is -0.00879. The molecule has 0 spiro atoms. The van der Waals surface area contributed by atoms with Crippen molar-refractivity contribution >= 4 is 5.91 Å². The first-order chi connectivity index (χ1) is 11.0. The highest BCUT2D eigenvalue weighted by Crippen LogP contribution is 2.19. The number of halogens is 1. The number of carbonyl (C=O) groups is 1. The number of aryl methyl sites for hydroxylation is 1. The highest BCUT2D eigenvalue weighted by molar-refractivity contribution is 5.78. The summed E-state index contributed by atoms with van der Waals surface area (Å²) in [6.45, 7) is 1.89. The van der Waals surface area contributed by atoms with Crippen LogP contribution < -0.4 is 10.1 Å². The second-order valence-electron chi connectivity index (χ2n) is 5.32. The third-order valence-corrected chi connectivity index (χ3v) is 3.59. The second-order valence-corrected chi connectivity index (χ2v) is 5.32. The van der Waals surface area contributed by atoms with Crippen molar-refractivity contribution in [2.45, 2.75) is 19.4 Å². The minimum absolute atomic E-state index is 0.0389. The van der Waals surface area contributed by atoms with Gasteiger partial charge in [0.2, 0.25) is 5.91 Å². The monoisotopic (exact) mass is 317 g/mol. The van der Waals surface area contributed by atoms with E-state index in [2.05, 4.69) is 5.32 Å². The largest absolute Gasteiger partial charge is 0.496 e. The number of nitrogens with one attached hydrogen (secondary N) is 1. The summed E-state index contributed by atoms with van der Waals surface area (Å²) < 4.78 is 18.8. The standard InChI is InChI=1S/C18H20FNO3/c1-12-7-8-13(9-17(12)23-2)10-18(22)20-11-16(21)14-5-3-4-6-15(14)19/h3-9,16,21H,10-11H2,1-2H3,(H,20,22). The van der Waals surface area contributed by atoms with Gasteiger partial charge in [0.15, 0.2) is 0 Å². The number of aliphatic hydroxyl groups is 1. The van der Waals surface area contributed by atoms with E-state index in [0.29, 0.717) is 0 Å². The van der Waals surface area contributed by atoms with E-state index < -0.39 is 11.9 Å². The molecule has 0 aliphatic rings. The molecule has 0 heterocycles. The first kappa shape index (κ1) is 17.0. The lowest BCUT2D eigenvalue weighted by Gasteiger charge is -2.13. The van der Waals surface area contributed by atoms with Gasteiger partial charge >= 0.3 is 0 Å². The van der Waals surface area contributed by atoms with Gasteiger partial charge in [-0.05, 0) is 30.2 Å². The topological polar surface area (TPSA) is 58.6 Å². The third-order valence-electron chi connectivity index (χ3n) is 3.59. The molecule has 23 heavy (non-hydrogen) atoms. The molecule has 0 bridgehead atoms. The molecule has 2 aromatic carbocycles. The van der Waals surface area contributed by atoms with Crippen LogP contribution in [-0.2, 0) is 11.2 Å². The number of carbonyl (C=O) groups excluding carboxylic acids is 1. The van der Waals surface area contributed by atoms with E-state index in [4.69, 9.17) is 4.74 Å². The van der Waals surface area contributed by atoms with E-state index in [-0.39, 0.29) is 24.4 Å². The minimum atomic E-state index is -1.08. The van der Waals surface area contributed by atoms with Crippen LogP contribution >= 0.6 is 0 Å². The molecule has 0 aliphatic heterocycles. The van der Waals surface area contributed by atoms with Gasteiger partial charge in [-0.3, -0.25) is 4.79 Å². The van der Waals surface area contributed by atoms with Crippen LogP contribution in [0.15, 0.2) is 42.5 Å². The van der Waals surface area contributed by atoms with Crippen molar-refractivity contribution in [3.63, 3.8) is 0 Å². The van der Waals surface area contributed by atoms with Gasteiger partial charge in [-0.15, -0.1) is 0 Å². The molecule has 1 atom stereocenters. The molecule has 0 aliphatic carbocycles. The maximum atomic E-state index is 13.5. The van der Waals surface area contributed by atoms with E-state index in [9.17, 15) is 14.3 Å². The zero-order valence-corrected chi connectivity index (χ0v) is 13.2. The highest BCUT2D eigenvalue weighted by Gasteiger charge is 2.13. The molecule has 0 aromatic heterocycles. The Labute approximate surface area is 134 Å². The van der Waals surface area contributed by atoms with Gasteiger partial charge in [0.1, 0.15) is 11.6 Å². The molecule has 122 valence electrons. The van der Waals surface area contributed by atoms with E-state index >= 15 is 0 Å². The third kappa shape index (κ3) is 4.53. The molecule has 2 aromatic rings. The van der Waals surface area contributed by atoms with Crippen LogP contribution in [0, 0.1) is 12.7 Å². The van der Waals surface area contributed by atoms with Crippen molar-refractivity contribution in [1.82, 2.24) is 5.32 Å². The first-order valence-electron chi connectivity index (χ1n) is 7.34. The maximum Gasteiger partial charge on any atom is 0.224 e. The summed E-state index contributed by atoms with van der Waals surface area (Å²) in [6.07, 6.45) is -0.909. The Balaban J connectivity index is 1.91. The van der Waals surface area contributed by atoms with Gasteiger partial charge in [-0.25, -0.2) is 4.39 Å². The number of aliphatic hydroxyl groups excluding tert-OH is 1. The molecule has 1 unspecified atom stereocenters. The zero-order valence-electron chi connectivity index (χ0n) is 13.2. The fraction of sp³-hybridized carbons (Fsp3) is 0.278. The summed E-state index contributed by atoms with van der Waals surface area (Å²) in [4.78, 5) is 12.0. The summed E-state index contributed by atoms with van der Waals surface area (Å²) in [5.41, 5.74) is 1.97. The van der Waals surface area contributed by atoms with Crippen LogP contribution in [0.4, 0.5) is 4.39 Å². The average molecular weight is 317 g/mol. The number of methoxy groups -OCH3 is 1. The summed E-state index contributed by atoms with van der Waals surface area (Å²) in [7, 11) is 1.58. The molecule has 5 heteroatoms. The second kappa shape index (κ2) is 7.74. The Bertz CT molecular complexity index is 688.